The molecule has 2 saturated carbocycles. The molecule has 39 heavy (non-hydrogen) atoms. The molecule has 3 heteroatoms. The van der Waals surface area contributed by atoms with Crippen LogP contribution in [-0.2, 0) is 0 Å². The van der Waals surface area contributed by atoms with Crippen LogP contribution in [0.3, 0.4) is 0 Å². The van der Waals surface area contributed by atoms with Crippen LogP contribution in [0.15, 0.2) is 91.1 Å². The van der Waals surface area contributed by atoms with Crippen LogP contribution >= 0.6 is 23.2 Å². The lowest BCUT2D eigenvalue weighted by molar-refractivity contribution is 0.879. The molecule has 0 spiro atoms. The van der Waals surface area contributed by atoms with Crippen molar-refractivity contribution in [2.45, 2.75) is 39.3 Å². The molecule has 0 amide bonds. The molecular formula is C36H32Cl2Si. The Morgan fingerprint density at radius 3 is 2.13 bits per heavy atom. The second-order valence-electron chi connectivity index (χ2n) is 11.3. The van der Waals surface area contributed by atoms with E-state index in [0.29, 0.717) is 0 Å². The van der Waals surface area contributed by atoms with Crippen molar-refractivity contribution in [2.24, 2.45) is 0 Å². The topological polar surface area (TPSA) is 0 Å². The molecule has 1 atom stereocenters. The van der Waals surface area contributed by atoms with Gasteiger partial charge in [-0.2, -0.15) is 0 Å². The van der Waals surface area contributed by atoms with E-state index in [4.69, 9.17) is 23.2 Å². The lowest BCUT2D eigenvalue weighted by atomic mass is 9.80. The molecule has 0 heterocycles. The minimum atomic E-state index is -2.10. The van der Waals surface area contributed by atoms with E-state index < -0.39 is 8.07 Å². The first-order valence-corrected chi connectivity index (χ1v) is 17.3. The summed E-state index contributed by atoms with van der Waals surface area (Å²) in [5, 5.41) is 1.54. The third-order valence-electron chi connectivity index (χ3n) is 8.39. The van der Waals surface area contributed by atoms with Gasteiger partial charge in [-0.3, -0.25) is 0 Å². The predicted octanol–water partition coefficient (Wildman–Crippen LogP) is 10.1. The van der Waals surface area contributed by atoms with E-state index in [-0.39, 0.29) is 5.92 Å². The molecule has 2 fully saturated rings. The van der Waals surface area contributed by atoms with Gasteiger partial charge in [0.15, 0.2) is 0 Å². The Morgan fingerprint density at radius 2 is 1.41 bits per heavy atom. The third-order valence-corrected chi connectivity index (χ3v) is 12.8. The first-order valence-electron chi connectivity index (χ1n) is 13.6. The first-order chi connectivity index (χ1) is 18.8. The van der Waals surface area contributed by atoms with E-state index in [0.717, 1.165) is 16.5 Å². The molecule has 2 aromatic carbocycles. The number of rotatable bonds is 4. The monoisotopic (exact) mass is 562 g/mol. The third kappa shape index (κ3) is 4.98. The minimum Gasteiger partial charge on any atom is -0.0843 e. The second kappa shape index (κ2) is 10.9. The average molecular weight is 564 g/mol. The van der Waals surface area contributed by atoms with Crippen molar-refractivity contribution in [2.75, 3.05) is 0 Å². The summed E-state index contributed by atoms with van der Waals surface area (Å²) >= 11 is 12.5. The SMILES string of the molecule is C[C]1[CH][C]2[C](C=CC=CC2c2ccc(Cl)cc2)[C]1[Si](C)(C)[C]1[C](C)[CH][C]2[C]1CC=CC=C2c1ccc(Cl)cc1. The van der Waals surface area contributed by atoms with Gasteiger partial charge in [-0.15, -0.1) is 0 Å². The average Bonchev–Trinajstić information content (AvgIpc) is 3.24. The molecule has 10 radical (unpaired) electrons. The Labute approximate surface area is 246 Å². The molecule has 0 aliphatic heterocycles. The molecule has 0 saturated heterocycles. The summed E-state index contributed by atoms with van der Waals surface area (Å²) in [5.41, 5.74) is 6.89. The predicted molar refractivity (Wildman–Crippen MR) is 169 cm³/mol. The van der Waals surface area contributed by atoms with Crippen molar-refractivity contribution in [1.29, 1.82) is 0 Å². The fourth-order valence-corrected chi connectivity index (χ4v) is 11.4. The zero-order valence-electron chi connectivity index (χ0n) is 22.9. The van der Waals surface area contributed by atoms with Crippen molar-refractivity contribution in [3.8, 4) is 0 Å². The van der Waals surface area contributed by atoms with Gasteiger partial charge in [0.1, 0.15) is 0 Å². The molecule has 0 nitrogen and oxygen atoms in total. The maximum Gasteiger partial charge on any atom is 0.0638 e. The molecular weight excluding hydrogens is 531 g/mol. The fraction of sp³-hybridized carbons (Fsp3) is 0.167. The summed E-state index contributed by atoms with van der Waals surface area (Å²) in [6.45, 7) is 9.71. The van der Waals surface area contributed by atoms with E-state index in [9.17, 15) is 0 Å². The fourth-order valence-electron chi connectivity index (χ4n) is 6.91. The van der Waals surface area contributed by atoms with E-state index in [1.165, 1.54) is 52.2 Å². The van der Waals surface area contributed by atoms with Crippen LogP contribution in [0.4, 0.5) is 0 Å². The summed E-state index contributed by atoms with van der Waals surface area (Å²) in [5.74, 6) is 8.67. The van der Waals surface area contributed by atoms with Gasteiger partial charge in [0.05, 0.1) is 8.07 Å². The van der Waals surface area contributed by atoms with Gasteiger partial charge in [0.2, 0.25) is 0 Å². The van der Waals surface area contributed by atoms with Gasteiger partial charge in [0, 0.05) is 33.7 Å². The molecule has 0 N–H and O–H groups in total. The Hall–Kier alpha value is -1.80. The van der Waals surface area contributed by atoms with Crippen LogP contribution in [0.2, 0.25) is 23.1 Å². The Kier molecular flexibility index (Phi) is 7.64. The lowest BCUT2D eigenvalue weighted by Crippen LogP contribution is -2.48. The molecule has 0 aromatic heterocycles. The van der Waals surface area contributed by atoms with Gasteiger partial charge in [0.25, 0.3) is 0 Å². The number of benzene rings is 2. The van der Waals surface area contributed by atoms with Crippen LogP contribution in [-0.4, -0.2) is 8.07 Å². The molecule has 2 aromatic rings. The largest absolute Gasteiger partial charge is 0.0843 e. The summed E-state index contributed by atoms with van der Waals surface area (Å²) in [6, 6.07) is 16.6. The highest BCUT2D eigenvalue weighted by atomic mass is 35.5. The van der Waals surface area contributed by atoms with Gasteiger partial charge in [-0.1, -0.05) is 117 Å². The Bertz CT molecular complexity index is 1300. The summed E-state index contributed by atoms with van der Waals surface area (Å²) in [7, 11) is -2.10. The van der Waals surface area contributed by atoms with Gasteiger partial charge >= 0.3 is 0 Å². The van der Waals surface area contributed by atoms with E-state index in [1.54, 1.807) is 11.1 Å². The summed E-state index contributed by atoms with van der Waals surface area (Å²) in [4.78, 5) is 0. The van der Waals surface area contributed by atoms with Crippen LogP contribution in [0.25, 0.3) is 5.57 Å². The molecule has 4 aliphatic rings. The lowest BCUT2D eigenvalue weighted by Gasteiger charge is -2.44. The standard InChI is InChI=1S/C36H32Cl2Si/c1-23-21-33-29(25-13-17-27(37)18-14-25)9-5-7-11-31(33)35(23)39(3,4)36-24(2)22-34-30(10-6-8-12-32(34)36)26-15-19-28(38)20-16-26/h5-11,13-22,29H,12H2,1-4H3. The van der Waals surface area contributed by atoms with Gasteiger partial charge in [-0.25, -0.2) is 0 Å². The molecule has 0 bridgehead atoms. The summed E-state index contributed by atoms with van der Waals surface area (Å²) < 4.78 is 0. The maximum absolute atomic E-state index is 6.23. The first kappa shape index (κ1) is 27.4. The Balaban J connectivity index is 1.32. The van der Waals surface area contributed by atoms with E-state index in [1.807, 2.05) is 24.3 Å². The highest BCUT2D eigenvalue weighted by Gasteiger charge is 2.59. The molecule has 1 unspecified atom stereocenters. The number of fused-ring (bicyclic) bond motifs is 2. The van der Waals surface area contributed by atoms with Crippen molar-refractivity contribution in [1.82, 2.24) is 0 Å². The number of hydrogen-bond donors (Lipinski definition) is 0. The van der Waals surface area contributed by atoms with Crippen molar-refractivity contribution in [3.63, 3.8) is 0 Å². The number of hydrogen-bond acceptors (Lipinski definition) is 0. The van der Waals surface area contributed by atoms with Crippen molar-refractivity contribution >= 4 is 36.8 Å². The quantitative estimate of drug-likeness (QED) is 0.325. The zero-order valence-corrected chi connectivity index (χ0v) is 25.4. The van der Waals surface area contributed by atoms with Gasteiger partial charge < -0.3 is 0 Å². The number of halogens is 2. The van der Waals surface area contributed by atoms with E-state index in [2.05, 4.69) is 107 Å². The normalized spacial score (nSPS) is 24.7. The van der Waals surface area contributed by atoms with Crippen LogP contribution in [0.5, 0.6) is 0 Å². The van der Waals surface area contributed by atoms with Crippen LogP contribution in [0.1, 0.15) is 37.3 Å². The van der Waals surface area contributed by atoms with E-state index >= 15 is 0 Å². The highest BCUT2D eigenvalue weighted by Crippen LogP contribution is 2.64. The van der Waals surface area contributed by atoms with Crippen LogP contribution < -0.4 is 0 Å². The molecule has 194 valence electrons. The van der Waals surface area contributed by atoms with Crippen molar-refractivity contribution in [3.05, 3.63) is 172 Å². The second-order valence-corrected chi connectivity index (χ2v) is 16.4. The number of allylic oxidation sites excluding steroid dienone is 8. The minimum absolute atomic E-state index is 0.213. The van der Waals surface area contributed by atoms with Crippen LogP contribution in [0, 0.1) is 59.4 Å². The highest BCUT2D eigenvalue weighted by molar-refractivity contribution is 6.90. The van der Waals surface area contributed by atoms with Crippen molar-refractivity contribution < 1.29 is 0 Å². The molecule has 4 aliphatic carbocycles. The molecule has 6 rings (SSSR count). The Morgan fingerprint density at radius 1 is 0.744 bits per heavy atom. The van der Waals surface area contributed by atoms with Gasteiger partial charge in [-0.05, 0) is 89.1 Å². The maximum atomic E-state index is 6.23. The zero-order chi connectivity index (χ0) is 27.3. The smallest absolute Gasteiger partial charge is 0.0638 e. The summed E-state index contributed by atoms with van der Waals surface area (Å²) in [6.07, 6.45) is 21.7.